The normalized spacial score (nSPS) is 36.2. The van der Waals surface area contributed by atoms with Crippen LogP contribution in [0, 0.1) is 11.8 Å². The number of hydrogen-bond acceptors (Lipinski definition) is 2. The van der Waals surface area contributed by atoms with E-state index in [0.29, 0.717) is 6.10 Å². The SMILES string of the molecule is CCCCC(CC)COCC1CCC2(C)OC2C1. The van der Waals surface area contributed by atoms with Gasteiger partial charge in [-0.05, 0) is 44.4 Å². The molecule has 2 heteroatoms. The van der Waals surface area contributed by atoms with Crippen molar-refractivity contribution in [3.8, 4) is 0 Å². The summed E-state index contributed by atoms with van der Waals surface area (Å²) in [6, 6.07) is 0. The van der Waals surface area contributed by atoms with E-state index in [9.17, 15) is 0 Å². The van der Waals surface area contributed by atoms with Crippen LogP contribution < -0.4 is 0 Å². The topological polar surface area (TPSA) is 21.8 Å². The van der Waals surface area contributed by atoms with E-state index >= 15 is 0 Å². The van der Waals surface area contributed by atoms with Gasteiger partial charge in [0.2, 0.25) is 0 Å². The fraction of sp³-hybridized carbons (Fsp3) is 1.00. The van der Waals surface area contributed by atoms with Gasteiger partial charge in [-0.1, -0.05) is 33.1 Å². The summed E-state index contributed by atoms with van der Waals surface area (Å²) in [6.45, 7) is 8.73. The number of ether oxygens (including phenoxy) is 2. The van der Waals surface area contributed by atoms with Gasteiger partial charge < -0.3 is 9.47 Å². The van der Waals surface area contributed by atoms with Crippen molar-refractivity contribution in [2.45, 2.75) is 77.4 Å². The highest BCUT2D eigenvalue weighted by atomic mass is 16.6. The Labute approximate surface area is 112 Å². The molecule has 0 aromatic heterocycles. The van der Waals surface area contributed by atoms with Crippen LogP contribution in [0.25, 0.3) is 0 Å². The fourth-order valence-corrected chi connectivity index (χ4v) is 3.17. The summed E-state index contributed by atoms with van der Waals surface area (Å²) in [6.07, 6.45) is 9.54. The molecule has 0 aromatic rings. The zero-order valence-electron chi connectivity index (χ0n) is 12.4. The molecule has 4 unspecified atom stereocenters. The Hall–Kier alpha value is -0.0800. The highest BCUT2D eigenvalue weighted by Crippen LogP contribution is 2.49. The van der Waals surface area contributed by atoms with Crippen LogP contribution in [0.5, 0.6) is 0 Å². The second kappa shape index (κ2) is 6.38. The summed E-state index contributed by atoms with van der Waals surface area (Å²) < 4.78 is 11.7. The van der Waals surface area contributed by atoms with Crippen LogP contribution >= 0.6 is 0 Å². The summed E-state index contributed by atoms with van der Waals surface area (Å²) in [5, 5.41) is 0. The summed E-state index contributed by atoms with van der Waals surface area (Å²) >= 11 is 0. The Bertz CT molecular complexity index is 253. The molecule has 0 aromatic carbocycles. The van der Waals surface area contributed by atoms with E-state index in [1.807, 2.05) is 0 Å². The third-order valence-corrected chi connectivity index (χ3v) is 4.88. The maximum Gasteiger partial charge on any atom is 0.0920 e. The maximum absolute atomic E-state index is 5.97. The lowest BCUT2D eigenvalue weighted by molar-refractivity contribution is 0.0573. The van der Waals surface area contributed by atoms with Crippen molar-refractivity contribution in [2.75, 3.05) is 13.2 Å². The minimum Gasteiger partial charge on any atom is -0.381 e. The van der Waals surface area contributed by atoms with Crippen LogP contribution in [-0.4, -0.2) is 24.9 Å². The van der Waals surface area contributed by atoms with Crippen molar-refractivity contribution in [3.05, 3.63) is 0 Å². The molecule has 0 N–H and O–H groups in total. The standard InChI is InChI=1S/C16H30O2/c1-4-6-7-13(5-2)11-17-12-14-8-9-16(3)15(10-14)18-16/h13-15H,4-12H2,1-3H3. The van der Waals surface area contributed by atoms with Crippen molar-refractivity contribution in [1.29, 1.82) is 0 Å². The third kappa shape index (κ3) is 3.71. The van der Waals surface area contributed by atoms with Gasteiger partial charge in [0.25, 0.3) is 0 Å². The predicted octanol–water partition coefficient (Wildman–Crippen LogP) is 4.18. The number of epoxide rings is 1. The van der Waals surface area contributed by atoms with Gasteiger partial charge in [0.1, 0.15) is 0 Å². The summed E-state index contributed by atoms with van der Waals surface area (Å²) in [7, 11) is 0. The monoisotopic (exact) mass is 254 g/mol. The smallest absolute Gasteiger partial charge is 0.0920 e. The summed E-state index contributed by atoms with van der Waals surface area (Å²) in [4.78, 5) is 0. The van der Waals surface area contributed by atoms with E-state index in [-0.39, 0.29) is 5.60 Å². The van der Waals surface area contributed by atoms with Crippen molar-refractivity contribution in [3.63, 3.8) is 0 Å². The van der Waals surface area contributed by atoms with Crippen LogP contribution in [-0.2, 0) is 9.47 Å². The first-order valence-electron chi connectivity index (χ1n) is 7.93. The fourth-order valence-electron chi connectivity index (χ4n) is 3.17. The van der Waals surface area contributed by atoms with Gasteiger partial charge in [-0.15, -0.1) is 0 Å². The van der Waals surface area contributed by atoms with Gasteiger partial charge in [0.05, 0.1) is 11.7 Å². The zero-order chi connectivity index (χ0) is 13.0. The van der Waals surface area contributed by atoms with Crippen LogP contribution in [0.15, 0.2) is 0 Å². The van der Waals surface area contributed by atoms with Gasteiger partial charge in [0, 0.05) is 13.2 Å². The molecule has 0 bridgehead atoms. The minimum atomic E-state index is 0.254. The highest BCUT2D eigenvalue weighted by Gasteiger charge is 2.55. The van der Waals surface area contributed by atoms with E-state index in [4.69, 9.17) is 9.47 Å². The molecular formula is C16H30O2. The van der Waals surface area contributed by atoms with E-state index in [0.717, 1.165) is 25.0 Å². The Kier molecular flexibility index (Phi) is 5.08. The van der Waals surface area contributed by atoms with Gasteiger partial charge in [-0.3, -0.25) is 0 Å². The quantitative estimate of drug-likeness (QED) is 0.606. The molecule has 2 rings (SSSR count). The maximum atomic E-state index is 5.97. The molecule has 2 aliphatic rings. The Morgan fingerprint density at radius 2 is 2.22 bits per heavy atom. The van der Waals surface area contributed by atoms with Crippen molar-refractivity contribution in [2.24, 2.45) is 11.8 Å². The van der Waals surface area contributed by atoms with E-state index in [1.165, 1.54) is 44.9 Å². The molecule has 4 atom stereocenters. The molecule has 1 heterocycles. The van der Waals surface area contributed by atoms with Crippen LogP contribution in [0.2, 0.25) is 0 Å². The Morgan fingerprint density at radius 3 is 2.89 bits per heavy atom. The van der Waals surface area contributed by atoms with Crippen molar-refractivity contribution < 1.29 is 9.47 Å². The first-order chi connectivity index (χ1) is 8.68. The lowest BCUT2D eigenvalue weighted by Crippen LogP contribution is -2.25. The number of fused-ring (bicyclic) bond motifs is 1. The first kappa shape index (κ1) is 14.3. The largest absolute Gasteiger partial charge is 0.381 e. The number of rotatable bonds is 8. The lowest BCUT2D eigenvalue weighted by atomic mass is 9.83. The van der Waals surface area contributed by atoms with Crippen molar-refractivity contribution in [1.82, 2.24) is 0 Å². The van der Waals surface area contributed by atoms with E-state index in [1.54, 1.807) is 0 Å². The van der Waals surface area contributed by atoms with Crippen molar-refractivity contribution >= 4 is 0 Å². The Morgan fingerprint density at radius 1 is 1.39 bits per heavy atom. The minimum absolute atomic E-state index is 0.254. The van der Waals surface area contributed by atoms with Crippen LogP contribution in [0.1, 0.15) is 65.7 Å². The van der Waals surface area contributed by atoms with E-state index < -0.39 is 0 Å². The van der Waals surface area contributed by atoms with Gasteiger partial charge in [-0.25, -0.2) is 0 Å². The molecule has 0 spiro atoms. The van der Waals surface area contributed by atoms with E-state index in [2.05, 4.69) is 20.8 Å². The molecule has 18 heavy (non-hydrogen) atoms. The second-order valence-electron chi connectivity index (χ2n) is 6.51. The van der Waals surface area contributed by atoms with Gasteiger partial charge in [-0.2, -0.15) is 0 Å². The molecule has 1 saturated carbocycles. The van der Waals surface area contributed by atoms with Crippen LogP contribution in [0.3, 0.4) is 0 Å². The Balaban J connectivity index is 1.57. The molecule has 0 amide bonds. The third-order valence-electron chi connectivity index (χ3n) is 4.88. The summed E-state index contributed by atoms with van der Waals surface area (Å²) in [5.41, 5.74) is 0.254. The molecular weight excluding hydrogens is 224 g/mol. The predicted molar refractivity (Wildman–Crippen MR) is 74.7 cm³/mol. The van der Waals surface area contributed by atoms with Gasteiger partial charge in [0.15, 0.2) is 0 Å². The second-order valence-corrected chi connectivity index (χ2v) is 6.51. The number of unbranched alkanes of at least 4 members (excludes halogenated alkanes) is 1. The van der Waals surface area contributed by atoms with Crippen LogP contribution in [0.4, 0.5) is 0 Å². The average Bonchev–Trinajstić information content (AvgIpc) is 3.04. The average molecular weight is 254 g/mol. The molecule has 1 saturated heterocycles. The first-order valence-corrected chi connectivity index (χ1v) is 7.93. The summed E-state index contributed by atoms with van der Waals surface area (Å²) in [5.74, 6) is 1.52. The molecule has 106 valence electrons. The molecule has 2 nitrogen and oxygen atoms in total. The zero-order valence-corrected chi connectivity index (χ0v) is 12.4. The molecule has 1 aliphatic carbocycles. The number of hydrogen-bond donors (Lipinski definition) is 0. The lowest BCUT2D eigenvalue weighted by Gasteiger charge is -2.23. The molecule has 1 aliphatic heterocycles. The molecule has 2 fully saturated rings. The highest BCUT2D eigenvalue weighted by molar-refractivity contribution is 5.03. The van der Waals surface area contributed by atoms with Gasteiger partial charge >= 0.3 is 0 Å². The molecule has 0 radical (unpaired) electrons.